The lowest BCUT2D eigenvalue weighted by molar-refractivity contribution is -0.143. The highest BCUT2D eigenvalue weighted by Crippen LogP contribution is 2.22. The molecule has 0 unspecified atom stereocenters. The third-order valence-electron chi connectivity index (χ3n) is 4.97. The van der Waals surface area contributed by atoms with Crippen molar-refractivity contribution in [1.82, 2.24) is 10.3 Å². The molecule has 2 atom stereocenters. The van der Waals surface area contributed by atoms with Gasteiger partial charge in [-0.2, -0.15) is 0 Å². The van der Waals surface area contributed by atoms with E-state index in [9.17, 15) is 19.5 Å². The highest BCUT2D eigenvalue weighted by atomic mass is 16.5. The Morgan fingerprint density at radius 3 is 2.50 bits per heavy atom. The molecule has 3 rings (SSSR count). The second-order valence-corrected chi connectivity index (χ2v) is 7.20. The van der Waals surface area contributed by atoms with E-state index in [1.54, 1.807) is 6.20 Å². The van der Waals surface area contributed by atoms with E-state index in [1.807, 2.05) is 54.6 Å². The van der Waals surface area contributed by atoms with Crippen LogP contribution in [0.1, 0.15) is 24.5 Å². The lowest BCUT2D eigenvalue weighted by atomic mass is 9.92. The summed E-state index contributed by atoms with van der Waals surface area (Å²) in [5.41, 5.74) is 2.59. The number of aromatic amines is 1. The number of aliphatic carboxylic acids is 1. The van der Waals surface area contributed by atoms with Gasteiger partial charge in [-0.25, -0.2) is 4.79 Å². The minimum absolute atomic E-state index is 0.0892. The Hall–Kier alpha value is -3.61. The molecule has 30 heavy (non-hydrogen) atoms. The van der Waals surface area contributed by atoms with Crippen molar-refractivity contribution >= 4 is 28.7 Å². The largest absolute Gasteiger partial charge is 0.481 e. The first-order chi connectivity index (χ1) is 14.4. The molecule has 0 aliphatic heterocycles. The van der Waals surface area contributed by atoms with Gasteiger partial charge in [-0.3, -0.25) is 9.59 Å². The van der Waals surface area contributed by atoms with Crippen molar-refractivity contribution in [2.24, 2.45) is 5.92 Å². The molecule has 1 amide bonds. The number of ether oxygens (including phenoxy) is 1. The van der Waals surface area contributed by atoms with Gasteiger partial charge in [0.1, 0.15) is 6.61 Å². The zero-order chi connectivity index (χ0) is 21.5. The molecule has 7 heteroatoms. The van der Waals surface area contributed by atoms with E-state index in [1.165, 1.54) is 6.92 Å². The standard InChI is InChI=1S/C23H24N2O5/c1-15(25-23(29)30-14-16-7-3-2-4-8-16)21(26)12-17(22(27)28)11-18-13-24-20-10-6-5-9-19(18)20/h2-10,13,15,17,24H,11-12,14H2,1H3,(H,25,29)(H,27,28)/t15-,17-/m1/s1. The van der Waals surface area contributed by atoms with E-state index >= 15 is 0 Å². The summed E-state index contributed by atoms with van der Waals surface area (Å²) in [6.07, 6.45) is 1.09. The van der Waals surface area contributed by atoms with Gasteiger partial charge < -0.3 is 20.1 Å². The molecule has 0 aliphatic carbocycles. The Morgan fingerprint density at radius 2 is 1.77 bits per heavy atom. The van der Waals surface area contributed by atoms with Crippen LogP contribution in [-0.4, -0.2) is 34.0 Å². The maximum Gasteiger partial charge on any atom is 0.408 e. The number of carboxylic acid groups (broad SMARTS) is 1. The van der Waals surface area contributed by atoms with Crippen molar-refractivity contribution < 1.29 is 24.2 Å². The number of H-pyrrole nitrogens is 1. The Balaban J connectivity index is 1.55. The van der Waals surface area contributed by atoms with Crippen molar-refractivity contribution in [3.8, 4) is 0 Å². The summed E-state index contributed by atoms with van der Waals surface area (Å²) in [5, 5.41) is 13.0. The number of Topliss-reactive ketones (excluding diaryl/α,β-unsaturated/α-hetero) is 1. The number of hydrogen-bond donors (Lipinski definition) is 3. The van der Waals surface area contributed by atoms with Crippen molar-refractivity contribution in [3.63, 3.8) is 0 Å². The van der Waals surface area contributed by atoms with Crippen LogP contribution >= 0.6 is 0 Å². The lowest BCUT2D eigenvalue weighted by Gasteiger charge is -2.16. The maximum absolute atomic E-state index is 12.5. The molecule has 0 aliphatic rings. The van der Waals surface area contributed by atoms with E-state index < -0.39 is 24.0 Å². The van der Waals surface area contributed by atoms with E-state index in [2.05, 4.69) is 10.3 Å². The van der Waals surface area contributed by atoms with E-state index in [4.69, 9.17) is 4.74 Å². The molecule has 1 heterocycles. The number of carboxylic acids is 1. The predicted octanol–water partition coefficient (Wildman–Crippen LogP) is 3.69. The molecule has 0 spiro atoms. The normalized spacial score (nSPS) is 12.8. The molecule has 0 fully saturated rings. The van der Waals surface area contributed by atoms with Gasteiger partial charge in [0, 0.05) is 23.5 Å². The molecule has 0 saturated carbocycles. The molecular formula is C23H24N2O5. The van der Waals surface area contributed by atoms with Crippen LogP contribution in [0.15, 0.2) is 60.8 Å². The number of carbonyl (C=O) groups is 3. The highest BCUT2D eigenvalue weighted by molar-refractivity contribution is 5.90. The van der Waals surface area contributed by atoms with Gasteiger partial charge in [-0.1, -0.05) is 48.5 Å². The Kier molecular flexibility index (Phi) is 6.85. The number of aromatic nitrogens is 1. The molecule has 0 radical (unpaired) electrons. The van der Waals surface area contributed by atoms with E-state index in [0.29, 0.717) is 0 Å². The van der Waals surface area contributed by atoms with Crippen LogP contribution in [0.25, 0.3) is 10.9 Å². The summed E-state index contributed by atoms with van der Waals surface area (Å²) in [6, 6.07) is 15.9. The van der Waals surface area contributed by atoms with Crippen LogP contribution in [-0.2, 0) is 27.4 Å². The maximum atomic E-state index is 12.5. The minimum atomic E-state index is -1.05. The monoisotopic (exact) mass is 408 g/mol. The summed E-state index contributed by atoms with van der Waals surface area (Å²) >= 11 is 0. The molecule has 3 N–H and O–H groups in total. The summed E-state index contributed by atoms with van der Waals surface area (Å²) < 4.78 is 5.11. The number of ketones is 1. The Bertz CT molecular complexity index is 1030. The zero-order valence-corrected chi connectivity index (χ0v) is 16.6. The van der Waals surface area contributed by atoms with Gasteiger partial charge in [0.05, 0.1) is 12.0 Å². The van der Waals surface area contributed by atoms with Gasteiger partial charge in [0.25, 0.3) is 0 Å². The summed E-state index contributed by atoms with van der Waals surface area (Å²) in [4.78, 5) is 39.3. The second kappa shape index (κ2) is 9.73. The molecular weight excluding hydrogens is 384 g/mol. The molecule has 3 aromatic rings. The molecule has 156 valence electrons. The second-order valence-electron chi connectivity index (χ2n) is 7.20. The number of para-hydroxylation sites is 1. The van der Waals surface area contributed by atoms with Crippen molar-refractivity contribution in [1.29, 1.82) is 0 Å². The van der Waals surface area contributed by atoms with Gasteiger partial charge >= 0.3 is 12.1 Å². The smallest absolute Gasteiger partial charge is 0.408 e. The SMILES string of the molecule is C[C@@H](NC(=O)OCc1ccccc1)C(=O)C[C@@H](Cc1c[nH]c2ccccc12)C(=O)O. The molecule has 0 bridgehead atoms. The van der Waals surface area contributed by atoms with Crippen LogP contribution in [0.5, 0.6) is 0 Å². The third kappa shape index (κ3) is 5.47. The fourth-order valence-electron chi connectivity index (χ4n) is 3.25. The Labute approximate surface area is 174 Å². The number of rotatable bonds is 9. The zero-order valence-electron chi connectivity index (χ0n) is 16.6. The van der Waals surface area contributed by atoms with Crippen LogP contribution in [0, 0.1) is 5.92 Å². The minimum Gasteiger partial charge on any atom is -0.481 e. The number of benzene rings is 2. The van der Waals surface area contributed by atoms with Crippen molar-refractivity contribution in [3.05, 3.63) is 71.9 Å². The van der Waals surface area contributed by atoms with Gasteiger partial charge in [0.2, 0.25) is 0 Å². The number of amides is 1. The van der Waals surface area contributed by atoms with Gasteiger partial charge in [0.15, 0.2) is 5.78 Å². The molecule has 1 aromatic heterocycles. The van der Waals surface area contributed by atoms with Crippen molar-refractivity contribution in [2.45, 2.75) is 32.4 Å². The number of fused-ring (bicyclic) bond motifs is 1. The molecule has 0 saturated heterocycles. The van der Waals surface area contributed by atoms with Crippen LogP contribution in [0.2, 0.25) is 0 Å². The van der Waals surface area contributed by atoms with Crippen LogP contribution in [0.4, 0.5) is 4.79 Å². The lowest BCUT2D eigenvalue weighted by Crippen LogP contribution is -2.40. The van der Waals surface area contributed by atoms with Crippen molar-refractivity contribution in [2.75, 3.05) is 0 Å². The van der Waals surface area contributed by atoms with Crippen LogP contribution < -0.4 is 5.32 Å². The first kappa shape index (κ1) is 21.1. The number of hydrogen-bond acceptors (Lipinski definition) is 4. The summed E-state index contributed by atoms with van der Waals surface area (Å²) in [6.45, 7) is 1.61. The fourth-order valence-corrected chi connectivity index (χ4v) is 3.25. The number of nitrogens with one attached hydrogen (secondary N) is 2. The average Bonchev–Trinajstić information content (AvgIpc) is 3.15. The average molecular weight is 408 g/mol. The van der Waals surface area contributed by atoms with Gasteiger partial charge in [-0.05, 0) is 30.5 Å². The predicted molar refractivity (Wildman–Crippen MR) is 112 cm³/mol. The number of alkyl carbamates (subject to hydrolysis) is 1. The highest BCUT2D eigenvalue weighted by Gasteiger charge is 2.26. The van der Waals surface area contributed by atoms with E-state index in [0.717, 1.165) is 22.0 Å². The summed E-state index contributed by atoms with van der Waals surface area (Å²) in [7, 11) is 0. The first-order valence-electron chi connectivity index (χ1n) is 9.71. The van der Waals surface area contributed by atoms with E-state index in [-0.39, 0.29) is 25.2 Å². The summed E-state index contributed by atoms with van der Waals surface area (Å²) in [5.74, 6) is -2.30. The Morgan fingerprint density at radius 1 is 1.07 bits per heavy atom. The molecule has 2 aromatic carbocycles. The number of carbonyl (C=O) groups excluding carboxylic acids is 2. The van der Waals surface area contributed by atoms with Crippen LogP contribution in [0.3, 0.4) is 0 Å². The third-order valence-corrected chi connectivity index (χ3v) is 4.97. The fraction of sp³-hybridized carbons (Fsp3) is 0.261. The quantitative estimate of drug-likeness (QED) is 0.500. The first-order valence-corrected chi connectivity index (χ1v) is 9.71. The van der Waals surface area contributed by atoms with Gasteiger partial charge in [-0.15, -0.1) is 0 Å². The molecule has 7 nitrogen and oxygen atoms in total. The topological polar surface area (TPSA) is 108 Å².